The molecule has 26 heavy (non-hydrogen) atoms. The third kappa shape index (κ3) is 5.18. The smallest absolute Gasteiger partial charge is 0.224 e. The average molecular weight is 354 g/mol. The summed E-state index contributed by atoms with van der Waals surface area (Å²) in [5, 5.41) is 7.15. The third-order valence-electron chi connectivity index (χ3n) is 4.81. The van der Waals surface area contributed by atoms with E-state index in [0.29, 0.717) is 32.5 Å². The zero-order valence-corrected chi connectivity index (χ0v) is 15.0. The van der Waals surface area contributed by atoms with Crippen molar-refractivity contribution in [3.8, 4) is 0 Å². The lowest BCUT2D eigenvalue weighted by Gasteiger charge is -2.32. The van der Waals surface area contributed by atoms with Crippen molar-refractivity contribution < 1.29 is 9.59 Å². The highest BCUT2D eigenvalue weighted by atomic mass is 16.2. The summed E-state index contributed by atoms with van der Waals surface area (Å²) >= 11 is 0. The van der Waals surface area contributed by atoms with Gasteiger partial charge in [0.25, 0.3) is 0 Å². The summed E-state index contributed by atoms with van der Waals surface area (Å²) < 4.78 is 1.86. The van der Waals surface area contributed by atoms with Crippen LogP contribution in [0, 0.1) is 5.92 Å². The van der Waals surface area contributed by atoms with Crippen molar-refractivity contribution in [2.45, 2.75) is 32.2 Å². The molecule has 1 N–H and O–H groups in total. The summed E-state index contributed by atoms with van der Waals surface area (Å²) in [6, 6.07) is 12.0. The van der Waals surface area contributed by atoms with Gasteiger partial charge in [0.1, 0.15) is 0 Å². The molecule has 2 amide bonds. The van der Waals surface area contributed by atoms with Crippen LogP contribution in [-0.2, 0) is 22.6 Å². The lowest BCUT2D eigenvalue weighted by atomic mass is 9.96. The van der Waals surface area contributed by atoms with E-state index in [9.17, 15) is 9.59 Å². The van der Waals surface area contributed by atoms with E-state index in [2.05, 4.69) is 22.5 Å². The molecule has 0 radical (unpaired) electrons. The van der Waals surface area contributed by atoms with E-state index in [1.54, 1.807) is 6.20 Å². The number of likely N-dealkylation sites (tertiary alicyclic amines) is 1. The summed E-state index contributed by atoms with van der Waals surface area (Å²) in [5.41, 5.74) is 1.21. The molecule has 6 nitrogen and oxygen atoms in total. The molecule has 1 aliphatic heterocycles. The Balaban J connectivity index is 1.41. The second-order valence-electron chi connectivity index (χ2n) is 6.72. The topological polar surface area (TPSA) is 67.2 Å². The molecule has 1 fully saturated rings. The minimum atomic E-state index is -0.104. The van der Waals surface area contributed by atoms with Crippen molar-refractivity contribution in [1.29, 1.82) is 0 Å². The number of aryl methyl sites for hydroxylation is 1. The number of nitrogens with one attached hydrogen (secondary N) is 1. The molecule has 0 spiro atoms. The first-order chi connectivity index (χ1) is 12.7. The van der Waals surface area contributed by atoms with Crippen LogP contribution in [0.15, 0.2) is 48.8 Å². The Bertz CT molecular complexity index is 700. The van der Waals surface area contributed by atoms with Gasteiger partial charge in [0.15, 0.2) is 0 Å². The van der Waals surface area contributed by atoms with Gasteiger partial charge < -0.3 is 10.2 Å². The van der Waals surface area contributed by atoms with E-state index >= 15 is 0 Å². The first-order valence-corrected chi connectivity index (χ1v) is 9.29. The predicted octanol–water partition coefficient (Wildman–Crippen LogP) is 1.87. The third-order valence-corrected chi connectivity index (χ3v) is 4.81. The number of aromatic nitrogens is 2. The number of hydrogen-bond donors (Lipinski definition) is 1. The molecule has 2 heterocycles. The fourth-order valence-corrected chi connectivity index (χ4v) is 3.28. The van der Waals surface area contributed by atoms with Gasteiger partial charge in [-0.1, -0.05) is 30.3 Å². The number of carbonyl (C=O) groups is 2. The van der Waals surface area contributed by atoms with Gasteiger partial charge in [0, 0.05) is 45.0 Å². The Morgan fingerprint density at radius 3 is 2.81 bits per heavy atom. The Labute approximate surface area is 154 Å². The molecule has 1 atom stereocenters. The number of nitrogens with zero attached hydrogens (tertiary/aromatic N) is 3. The van der Waals surface area contributed by atoms with Crippen molar-refractivity contribution in [2.75, 3.05) is 19.6 Å². The predicted molar refractivity (Wildman–Crippen MR) is 99.3 cm³/mol. The van der Waals surface area contributed by atoms with Crippen LogP contribution in [0.3, 0.4) is 0 Å². The highest BCUT2D eigenvalue weighted by Gasteiger charge is 2.29. The SMILES string of the molecule is O=C(NCCCn1cccn1)[C@H]1CCC(=O)N(CCc2ccccc2)C1. The van der Waals surface area contributed by atoms with Gasteiger partial charge in [0.05, 0.1) is 5.92 Å². The zero-order valence-electron chi connectivity index (χ0n) is 15.0. The summed E-state index contributed by atoms with van der Waals surface area (Å²) in [6.07, 6.45) is 6.44. The fourth-order valence-electron chi connectivity index (χ4n) is 3.28. The van der Waals surface area contributed by atoms with Gasteiger partial charge in [-0.2, -0.15) is 5.10 Å². The van der Waals surface area contributed by atoms with Crippen LogP contribution in [0.25, 0.3) is 0 Å². The first kappa shape index (κ1) is 18.2. The van der Waals surface area contributed by atoms with E-state index in [1.165, 1.54) is 5.56 Å². The second-order valence-corrected chi connectivity index (χ2v) is 6.72. The number of benzene rings is 1. The van der Waals surface area contributed by atoms with Gasteiger partial charge in [-0.3, -0.25) is 14.3 Å². The minimum Gasteiger partial charge on any atom is -0.356 e. The summed E-state index contributed by atoms with van der Waals surface area (Å²) in [6.45, 7) is 2.62. The maximum Gasteiger partial charge on any atom is 0.224 e. The van der Waals surface area contributed by atoms with Crippen LogP contribution in [0.4, 0.5) is 0 Å². The van der Waals surface area contributed by atoms with Crippen molar-refractivity contribution in [3.63, 3.8) is 0 Å². The molecule has 138 valence electrons. The maximum absolute atomic E-state index is 12.4. The van der Waals surface area contributed by atoms with E-state index < -0.39 is 0 Å². The molecular weight excluding hydrogens is 328 g/mol. The Kier molecular flexibility index (Phi) is 6.41. The van der Waals surface area contributed by atoms with Gasteiger partial charge in [-0.05, 0) is 30.9 Å². The normalized spacial score (nSPS) is 17.3. The molecule has 1 aromatic carbocycles. The average Bonchev–Trinajstić information content (AvgIpc) is 3.19. The molecular formula is C20H26N4O2. The van der Waals surface area contributed by atoms with E-state index in [-0.39, 0.29) is 17.7 Å². The number of piperidine rings is 1. The van der Waals surface area contributed by atoms with Crippen molar-refractivity contribution in [1.82, 2.24) is 20.0 Å². The Morgan fingerprint density at radius 2 is 2.04 bits per heavy atom. The number of rotatable bonds is 8. The van der Waals surface area contributed by atoms with E-state index in [4.69, 9.17) is 0 Å². The quantitative estimate of drug-likeness (QED) is 0.736. The highest BCUT2D eigenvalue weighted by molar-refractivity contribution is 5.83. The number of carbonyl (C=O) groups excluding carboxylic acids is 2. The van der Waals surface area contributed by atoms with E-state index in [1.807, 2.05) is 40.0 Å². The minimum absolute atomic E-state index is 0.0580. The molecule has 1 aromatic heterocycles. The molecule has 6 heteroatoms. The molecule has 1 aliphatic rings. The highest BCUT2D eigenvalue weighted by Crippen LogP contribution is 2.18. The largest absolute Gasteiger partial charge is 0.356 e. The van der Waals surface area contributed by atoms with Gasteiger partial charge in [-0.25, -0.2) is 0 Å². The fraction of sp³-hybridized carbons (Fsp3) is 0.450. The molecule has 0 aliphatic carbocycles. The van der Waals surface area contributed by atoms with Crippen LogP contribution < -0.4 is 5.32 Å². The van der Waals surface area contributed by atoms with Crippen molar-refractivity contribution >= 4 is 11.8 Å². The summed E-state index contributed by atoms with van der Waals surface area (Å²) in [5.74, 6) is 0.111. The van der Waals surface area contributed by atoms with Crippen LogP contribution in [-0.4, -0.2) is 46.1 Å². The molecule has 1 saturated heterocycles. The van der Waals surface area contributed by atoms with Crippen LogP contribution in [0.5, 0.6) is 0 Å². The van der Waals surface area contributed by atoms with Crippen LogP contribution in [0.1, 0.15) is 24.8 Å². The second kappa shape index (κ2) is 9.17. The number of amides is 2. The monoisotopic (exact) mass is 354 g/mol. The molecule has 0 bridgehead atoms. The summed E-state index contributed by atoms with van der Waals surface area (Å²) in [7, 11) is 0. The van der Waals surface area contributed by atoms with Crippen molar-refractivity contribution in [3.05, 3.63) is 54.4 Å². The van der Waals surface area contributed by atoms with Gasteiger partial charge >= 0.3 is 0 Å². The van der Waals surface area contributed by atoms with Gasteiger partial charge in [0.2, 0.25) is 11.8 Å². The molecule has 0 unspecified atom stereocenters. The Morgan fingerprint density at radius 1 is 1.19 bits per heavy atom. The number of hydrogen-bond acceptors (Lipinski definition) is 3. The molecule has 2 aromatic rings. The van der Waals surface area contributed by atoms with E-state index in [0.717, 1.165) is 19.4 Å². The first-order valence-electron chi connectivity index (χ1n) is 9.29. The van der Waals surface area contributed by atoms with Gasteiger partial charge in [-0.15, -0.1) is 0 Å². The molecule has 3 rings (SSSR count). The lowest BCUT2D eigenvalue weighted by molar-refractivity contribution is -0.138. The zero-order chi connectivity index (χ0) is 18.2. The lowest BCUT2D eigenvalue weighted by Crippen LogP contribution is -2.46. The van der Waals surface area contributed by atoms with Crippen molar-refractivity contribution in [2.24, 2.45) is 5.92 Å². The summed E-state index contributed by atoms with van der Waals surface area (Å²) in [4.78, 5) is 26.4. The maximum atomic E-state index is 12.4. The van der Waals surface area contributed by atoms with Crippen LogP contribution in [0.2, 0.25) is 0 Å². The Hall–Kier alpha value is -2.63. The molecule has 0 saturated carbocycles. The standard InChI is InChI=1S/C20H26N4O2/c25-19-9-8-18(16-23(19)15-10-17-6-2-1-3-7-17)20(26)21-11-4-13-24-14-5-12-22-24/h1-3,5-7,12,14,18H,4,8-11,13,15-16H2,(H,21,26)/t18-/m0/s1. The van der Waals surface area contributed by atoms with Crippen LogP contribution >= 0.6 is 0 Å².